The fraction of sp³-hybridized carbons (Fsp3) is 0.480. The minimum absolute atomic E-state index is 0.0109. The number of carbonyl (C=O) groups excluding carboxylic acids is 2. The van der Waals surface area contributed by atoms with Crippen molar-refractivity contribution in [3.63, 3.8) is 0 Å². The van der Waals surface area contributed by atoms with Crippen molar-refractivity contribution in [2.45, 2.75) is 51.2 Å². The van der Waals surface area contributed by atoms with E-state index in [9.17, 15) is 14.9 Å². The van der Waals surface area contributed by atoms with E-state index < -0.39 is 5.91 Å². The molecule has 2 aliphatic rings. The minimum atomic E-state index is -0.412. The molecule has 0 unspecified atom stereocenters. The van der Waals surface area contributed by atoms with E-state index in [-0.39, 0.29) is 24.1 Å². The predicted molar refractivity (Wildman–Crippen MR) is 130 cm³/mol. The molecule has 0 bridgehead atoms. The molecule has 7 nitrogen and oxygen atoms in total. The van der Waals surface area contributed by atoms with Gasteiger partial charge in [0, 0.05) is 53.4 Å². The van der Waals surface area contributed by atoms with Gasteiger partial charge in [-0.2, -0.15) is 5.26 Å². The third-order valence-electron chi connectivity index (χ3n) is 6.32. The van der Waals surface area contributed by atoms with Gasteiger partial charge in [0.2, 0.25) is 5.91 Å². The number of carbonyl (C=O) groups is 2. The lowest BCUT2D eigenvalue weighted by molar-refractivity contribution is -0.131. The summed E-state index contributed by atoms with van der Waals surface area (Å²) < 4.78 is 8.35. The van der Waals surface area contributed by atoms with Crippen LogP contribution >= 0.6 is 15.9 Å². The van der Waals surface area contributed by atoms with E-state index in [0.717, 1.165) is 59.7 Å². The van der Waals surface area contributed by atoms with Crippen LogP contribution in [0.2, 0.25) is 0 Å². The Morgan fingerprint density at radius 1 is 1.21 bits per heavy atom. The SMILES string of the molecule is N#C/C(=C\c1cn(CC(=O)N2CCCCCC2)c2ccc(Br)cc12)C(=O)NC[C@@H]1CCCO1. The van der Waals surface area contributed by atoms with Crippen LogP contribution in [0.5, 0.6) is 0 Å². The van der Waals surface area contributed by atoms with E-state index in [1.807, 2.05) is 39.9 Å². The lowest BCUT2D eigenvalue weighted by Crippen LogP contribution is -2.34. The van der Waals surface area contributed by atoms with Gasteiger partial charge in [0.25, 0.3) is 5.91 Å². The van der Waals surface area contributed by atoms with E-state index in [0.29, 0.717) is 13.2 Å². The number of ether oxygens (including phenoxy) is 1. The molecule has 174 valence electrons. The molecule has 2 fully saturated rings. The molecule has 1 aromatic heterocycles. The van der Waals surface area contributed by atoms with Gasteiger partial charge in [-0.05, 0) is 50.0 Å². The van der Waals surface area contributed by atoms with Gasteiger partial charge in [-0.3, -0.25) is 9.59 Å². The number of nitrogens with zero attached hydrogens (tertiary/aromatic N) is 3. The van der Waals surface area contributed by atoms with Crippen LogP contribution in [0.25, 0.3) is 17.0 Å². The summed E-state index contributed by atoms with van der Waals surface area (Å²) in [4.78, 5) is 27.6. The zero-order valence-electron chi connectivity index (χ0n) is 18.7. The maximum Gasteiger partial charge on any atom is 0.262 e. The average molecular weight is 513 g/mol. The molecule has 0 aliphatic carbocycles. The molecule has 3 heterocycles. The van der Waals surface area contributed by atoms with Crippen molar-refractivity contribution in [1.29, 1.82) is 5.26 Å². The van der Waals surface area contributed by atoms with Gasteiger partial charge in [-0.1, -0.05) is 28.8 Å². The molecule has 33 heavy (non-hydrogen) atoms. The fourth-order valence-corrected chi connectivity index (χ4v) is 4.88. The zero-order chi connectivity index (χ0) is 23.2. The second-order valence-corrected chi connectivity index (χ2v) is 9.60. The molecule has 0 spiro atoms. The van der Waals surface area contributed by atoms with Crippen molar-refractivity contribution in [3.05, 3.63) is 40.0 Å². The van der Waals surface area contributed by atoms with Crippen LogP contribution in [-0.4, -0.2) is 53.6 Å². The Morgan fingerprint density at radius 3 is 2.70 bits per heavy atom. The van der Waals surface area contributed by atoms with Crippen molar-refractivity contribution in [2.24, 2.45) is 0 Å². The number of hydrogen-bond donors (Lipinski definition) is 1. The molecule has 2 aliphatic heterocycles. The van der Waals surface area contributed by atoms with Crippen molar-refractivity contribution in [1.82, 2.24) is 14.8 Å². The summed E-state index contributed by atoms with van der Waals surface area (Å²) in [6.45, 7) is 2.96. The van der Waals surface area contributed by atoms with E-state index in [1.165, 1.54) is 12.8 Å². The molecule has 1 atom stereocenters. The van der Waals surface area contributed by atoms with E-state index in [1.54, 1.807) is 6.08 Å². The largest absolute Gasteiger partial charge is 0.376 e. The molecule has 1 aromatic carbocycles. The predicted octanol–water partition coefficient (Wildman–Crippen LogP) is 4.01. The molecule has 0 radical (unpaired) electrons. The van der Waals surface area contributed by atoms with Gasteiger partial charge in [0.05, 0.1) is 6.10 Å². The number of hydrogen-bond acceptors (Lipinski definition) is 4. The third kappa shape index (κ3) is 5.84. The van der Waals surface area contributed by atoms with Gasteiger partial charge < -0.3 is 19.5 Å². The first-order valence-corrected chi connectivity index (χ1v) is 12.4. The van der Waals surface area contributed by atoms with Crippen LogP contribution in [0.15, 0.2) is 34.4 Å². The molecular formula is C25H29BrN4O3. The van der Waals surface area contributed by atoms with E-state index in [2.05, 4.69) is 21.2 Å². The average Bonchev–Trinajstić information content (AvgIpc) is 3.34. The standard InChI is InChI=1S/C25H29BrN4O3/c26-20-7-8-23-22(13-20)19(12-18(14-27)25(32)28-15-21-6-5-11-33-21)16-30(23)17-24(31)29-9-3-1-2-4-10-29/h7-8,12-13,16,21H,1-6,9-11,15,17H2,(H,28,32)/b18-12+/t21-/m0/s1. The van der Waals surface area contributed by atoms with Gasteiger partial charge in [0.1, 0.15) is 18.2 Å². The van der Waals surface area contributed by atoms with Crippen molar-refractivity contribution in [2.75, 3.05) is 26.2 Å². The lowest BCUT2D eigenvalue weighted by Gasteiger charge is -2.20. The number of amides is 2. The lowest BCUT2D eigenvalue weighted by atomic mass is 10.1. The Hall–Kier alpha value is -2.63. The summed E-state index contributed by atoms with van der Waals surface area (Å²) in [6.07, 6.45) is 9.82. The highest BCUT2D eigenvalue weighted by atomic mass is 79.9. The topological polar surface area (TPSA) is 87.4 Å². The smallest absolute Gasteiger partial charge is 0.262 e. The highest BCUT2D eigenvalue weighted by Gasteiger charge is 2.20. The first-order valence-electron chi connectivity index (χ1n) is 11.6. The highest BCUT2D eigenvalue weighted by molar-refractivity contribution is 9.10. The van der Waals surface area contributed by atoms with E-state index in [4.69, 9.17) is 4.74 Å². The molecular weight excluding hydrogens is 484 g/mol. The van der Waals surface area contributed by atoms with Crippen molar-refractivity contribution >= 4 is 44.7 Å². The molecule has 4 rings (SSSR count). The quantitative estimate of drug-likeness (QED) is 0.467. The summed E-state index contributed by atoms with van der Waals surface area (Å²) in [5.41, 5.74) is 1.66. The van der Waals surface area contributed by atoms with E-state index >= 15 is 0 Å². The summed E-state index contributed by atoms with van der Waals surface area (Å²) in [7, 11) is 0. The number of aromatic nitrogens is 1. The first-order chi connectivity index (χ1) is 16.0. The van der Waals surface area contributed by atoms with Crippen molar-refractivity contribution in [3.8, 4) is 6.07 Å². The number of likely N-dealkylation sites (tertiary alicyclic amines) is 1. The number of nitriles is 1. The fourth-order valence-electron chi connectivity index (χ4n) is 4.52. The van der Waals surface area contributed by atoms with Crippen LogP contribution in [0.4, 0.5) is 0 Å². The molecule has 0 saturated carbocycles. The third-order valence-corrected chi connectivity index (χ3v) is 6.81. The number of nitrogens with one attached hydrogen (secondary N) is 1. The summed E-state index contributed by atoms with van der Waals surface area (Å²) in [5, 5.41) is 13.3. The zero-order valence-corrected chi connectivity index (χ0v) is 20.3. The molecule has 2 saturated heterocycles. The van der Waals surface area contributed by atoms with Crippen LogP contribution in [0.1, 0.15) is 44.1 Å². The van der Waals surface area contributed by atoms with Gasteiger partial charge >= 0.3 is 0 Å². The first kappa shape index (κ1) is 23.5. The molecule has 2 aromatic rings. The number of rotatable bonds is 6. The maximum atomic E-state index is 13.0. The molecule has 1 N–H and O–H groups in total. The molecule has 2 amide bonds. The Bertz CT molecular complexity index is 1090. The molecule has 8 heteroatoms. The summed E-state index contributed by atoms with van der Waals surface area (Å²) in [5.74, 6) is -0.313. The second-order valence-electron chi connectivity index (χ2n) is 8.68. The van der Waals surface area contributed by atoms with Gasteiger partial charge in [-0.25, -0.2) is 0 Å². The maximum absolute atomic E-state index is 13.0. The van der Waals surface area contributed by atoms with Crippen LogP contribution in [-0.2, 0) is 20.9 Å². The highest BCUT2D eigenvalue weighted by Crippen LogP contribution is 2.27. The van der Waals surface area contributed by atoms with Crippen LogP contribution in [0.3, 0.4) is 0 Å². The Labute approximate surface area is 202 Å². The summed E-state index contributed by atoms with van der Waals surface area (Å²) >= 11 is 3.51. The van der Waals surface area contributed by atoms with Gasteiger partial charge in [0.15, 0.2) is 0 Å². The number of fused-ring (bicyclic) bond motifs is 1. The second kappa shape index (κ2) is 11.0. The van der Waals surface area contributed by atoms with Crippen molar-refractivity contribution < 1.29 is 14.3 Å². The Kier molecular flexibility index (Phi) is 7.84. The monoisotopic (exact) mass is 512 g/mol. The summed E-state index contributed by atoms with van der Waals surface area (Å²) in [6, 6.07) is 7.86. The van der Waals surface area contributed by atoms with Crippen LogP contribution in [0, 0.1) is 11.3 Å². The van der Waals surface area contributed by atoms with Crippen LogP contribution < -0.4 is 5.32 Å². The minimum Gasteiger partial charge on any atom is -0.376 e. The normalized spacial score (nSPS) is 19.3. The number of benzene rings is 1. The number of halogens is 1. The Balaban J connectivity index is 1.57. The Morgan fingerprint density at radius 2 is 2.00 bits per heavy atom. The van der Waals surface area contributed by atoms with Gasteiger partial charge in [-0.15, -0.1) is 0 Å².